The third-order valence-electron chi connectivity index (χ3n) is 3.71. The summed E-state index contributed by atoms with van der Waals surface area (Å²) in [5.41, 5.74) is 2.01. The van der Waals surface area contributed by atoms with Crippen molar-refractivity contribution in [3.63, 3.8) is 0 Å². The highest BCUT2D eigenvalue weighted by molar-refractivity contribution is 7.15. The summed E-state index contributed by atoms with van der Waals surface area (Å²) < 4.78 is 5.15. The van der Waals surface area contributed by atoms with E-state index in [0.29, 0.717) is 6.61 Å². The summed E-state index contributed by atoms with van der Waals surface area (Å²) in [6.45, 7) is 2.26. The van der Waals surface area contributed by atoms with Crippen LogP contribution < -0.4 is 4.90 Å². The molecule has 0 spiro atoms. The Kier molecular flexibility index (Phi) is 3.92. The van der Waals surface area contributed by atoms with Gasteiger partial charge in [-0.15, -0.1) is 11.3 Å². The molecule has 1 atom stereocenters. The van der Waals surface area contributed by atoms with Crippen molar-refractivity contribution in [1.82, 2.24) is 4.98 Å². The van der Waals surface area contributed by atoms with Gasteiger partial charge >= 0.3 is 5.97 Å². The molecule has 1 aromatic heterocycles. The highest BCUT2D eigenvalue weighted by Gasteiger charge is 2.34. The molecular weight excluding hydrogens is 284 g/mol. The van der Waals surface area contributed by atoms with Crippen molar-refractivity contribution in [2.24, 2.45) is 0 Å². The monoisotopic (exact) mass is 302 g/mol. The number of anilines is 2. The van der Waals surface area contributed by atoms with Gasteiger partial charge in [-0.2, -0.15) is 0 Å². The van der Waals surface area contributed by atoms with Gasteiger partial charge in [0.1, 0.15) is 5.92 Å². The van der Waals surface area contributed by atoms with Crippen molar-refractivity contribution in [2.75, 3.05) is 18.6 Å². The van der Waals surface area contributed by atoms with Crippen LogP contribution in [0.3, 0.4) is 0 Å². The lowest BCUT2D eigenvalue weighted by molar-refractivity contribution is -0.145. The average Bonchev–Trinajstić information content (AvgIpc) is 3.07. The Bertz CT molecular complexity index is 639. The lowest BCUT2D eigenvalue weighted by Crippen LogP contribution is -2.15. The molecule has 0 saturated heterocycles. The van der Waals surface area contributed by atoms with Gasteiger partial charge in [0.2, 0.25) is 0 Å². The smallest absolute Gasteiger partial charge is 0.315 e. The molecule has 3 rings (SSSR count). The SMILES string of the molecule is CCOC(=O)C1CCc2sc(N(C)c3ccccc3)nc21. The van der Waals surface area contributed by atoms with Crippen LogP contribution in [-0.2, 0) is 16.0 Å². The van der Waals surface area contributed by atoms with Crippen molar-refractivity contribution in [3.05, 3.63) is 40.9 Å². The van der Waals surface area contributed by atoms with Gasteiger partial charge in [0.15, 0.2) is 5.13 Å². The van der Waals surface area contributed by atoms with E-state index >= 15 is 0 Å². The second kappa shape index (κ2) is 5.85. The topological polar surface area (TPSA) is 42.4 Å². The fourth-order valence-corrected chi connectivity index (χ4v) is 3.71. The number of rotatable bonds is 4. The molecule has 0 amide bonds. The maximum Gasteiger partial charge on any atom is 0.315 e. The largest absolute Gasteiger partial charge is 0.465 e. The molecule has 1 aliphatic rings. The summed E-state index contributed by atoms with van der Waals surface area (Å²) in [5.74, 6) is -0.329. The predicted molar refractivity (Wildman–Crippen MR) is 84.3 cm³/mol. The van der Waals surface area contributed by atoms with Crippen LogP contribution in [0.25, 0.3) is 0 Å². The lowest BCUT2D eigenvalue weighted by Gasteiger charge is -2.16. The Morgan fingerprint density at radius 2 is 2.19 bits per heavy atom. The molecule has 0 bridgehead atoms. The first-order valence-electron chi connectivity index (χ1n) is 7.15. The predicted octanol–water partition coefficient (Wildman–Crippen LogP) is 3.50. The van der Waals surface area contributed by atoms with E-state index in [1.54, 1.807) is 11.3 Å². The maximum atomic E-state index is 12.0. The molecule has 2 aromatic rings. The van der Waals surface area contributed by atoms with Gasteiger partial charge in [-0.3, -0.25) is 4.79 Å². The molecule has 1 unspecified atom stereocenters. The van der Waals surface area contributed by atoms with E-state index in [1.807, 2.05) is 32.2 Å². The average molecular weight is 302 g/mol. The summed E-state index contributed by atoms with van der Waals surface area (Å²) >= 11 is 1.67. The molecule has 1 heterocycles. The Balaban J connectivity index is 1.85. The number of aromatic nitrogens is 1. The number of carbonyl (C=O) groups excluding carboxylic acids is 1. The first kappa shape index (κ1) is 14.1. The zero-order valence-electron chi connectivity index (χ0n) is 12.2. The zero-order chi connectivity index (χ0) is 14.8. The molecule has 0 aliphatic heterocycles. The van der Waals surface area contributed by atoms with Gasteiger partial charge in [0.05, 0.1) is 12.3 Å². The molecule has 110 valence electrons. The molecular formula is C16H18N2O2S. The molecule has 1 aliphatic carbocycles. The summed E-state index contributed by atoms with van der Waals surface area (Å²) in [6, 6.07) is 10.1. The van der Waals surface area contributed by atoms with Crippen molar-refractivity contribution in [3.8, 4) is 0 Å². The van der Waals surface area contributed by atoms with Crippen molar-refractivity contribution in [2.45, 2.75) is 25.7 Å². The van der Waals surface area contributed by atoms with Gasteiger partial charge in [0, 0.05) is 17.6 Å². The van der Waals surface area contributed by atoms with E-state index in [4.69, 9.17) is 9.72 Å². The fourth-order valence-electron chi connectivity index (χ4n) is 2.59. The Morgan fingerprint density at radius 1 is 1.43 bits per heavy atom. The van der Waals surface area contributed by atoms with Crippen molar-refractivity contribution < 1.29 is 9.53 Å². The number of esters is 1. The number of carbonyl (C=O) groups is 1. The zero-order valence-corrected chi connectivity index (χ0v) is 13.0. The number of hydrogen-bond donors (Lipinski definition) is 0. The number of benzene rings is 1. The molecule has 0 saturated carbocycles. The number of fused-ring (bicyclic) bond motifs is 1. The first-order chi connectivity index (χ1) is 10.2. The van der Waals surface area contributed by atoms with Crippen LogP contribution >= 0.6 is 11.3 Å². The number of aryl methyl sites for hydroxylation is 1. The van der Waals surface area contributed by atoms with Gasteiger partial charge in [-0.1, -0.05) is 18.2 Å². The van der Waals surface area contributed by atoms with Gasteiger partial charge in [-0.25, -0.2) is 4.98 Å². The number of nitrogens with zero attached hydrogens (tertiary/aromatic N) is 2. The van der Waals surface area contributed by atoms with Crippen LogP contribution in [0.1, 0.15) is 29.8 Å². The molecule has 0 fully saturated rings. The quantitative estimate of drug-likeness (QED) is 0.811. The van der Waals surface area contributed by atoms with E-state index in [2.05, 4.69) is 17.0 Å². The third kappa shape index (κ3) is 2.65. The van der Waals surface area contributed by atoms with Crippen LogP contribution in [0, 0.1) is 0 Å². The third-order valence-corrected chi connectivity index (χ3v) is 4.92. The Hall–Kier alpha value is -1.88. The molecule has 0 N–H and O–H groups in total. The van der Waals surface area contributed by atoms with Crippen LogP contribution in [0.5, 0.6) is 0 Å². The minimum absolute atomic E-state index is 0.143. The van der Waals surface area contributed by atoms with E-state index in [9.17, 15) is 4.79 Å². The summed E-state index contributed by atoms with van der Waals surface area (Å²) in [5, 5.41) is 0.931. The van der Waals surface area contributed by atoms with E-state index in [0.717, 1.165) is 29.4 Å². The normalized spacial score (nSPS) is 16.6. The molecule has 1 aromatic carbocycles. The Morgan fingerprint density at radius 3 is 2.90 bits per heavy atom. The molecule has 21 heavy (non-hydrogen) atoms. The molecule has 5 heteroatoms. The summed E-state index contributed by atoms with van der Waals surface area (Å²) in [7, 11) is 2.00. The van der Waals surface area contributed by atoms with Crippen LogP contribution in [0.2, 0.25) is 0 Å². The summed E-state index contributed by atoms with van der Waals surface area (Å²) in [6.07, 6.45) is 1.74. The van der Waals surface area contributed by atoms with Crippen molar-refractivity contribution in [1.29, 1.82) is 0 Å². The van der Waals surface area contributed by atoms with Crippen molar-refractivity contribution >= 4 is 28.1 Å². The standard InChI is InChI=1S/C16H18N2O2S/c1-3-20-15(19)12-9-10-13-14(12)17-16(21-13)18(2)11-7-5-4-6-8-11/h4-8,12H,3,9-10H2,1-2H3. The molecule has 4 nitrogen and oxygen atoms in total. The number of para-hydroxylation sites is 1. The number of thiazole rings is 1. The number of ether oxygens (including phenoxy) is 1. The first-order valence-corrected chi connectivity index (χ1v) is 7.97. The maximum absolute atomic E-state index is 12.0. The van der Waals surface area contributed by atoms with Crippen LogP contribution in [0.4, 0.5) is 10.8 Å². The second-order valence-electron chi connectivity index (χ2n) is 5.04. The molecule has 0 radical (unpaired) electrons. The second-order valence-corrected chi connectivity index (χ2v) is 6.10. The van der Waals surface area contributed by atoms with Gasteiger partial charge < -0.3 is 9.64 Å². The Labute approximate surface area is 128 Å². The highest BCUT2D eigenvalue weighted by Crippen LogP contribution is 2.41. The van der Waals surface area contributed by atoms with Gasteiger partial charge in [0.25, 0.3) is 0 Å². The van der Waals surface area contributed by atoms with Crippen LogP contribution in [0.15, 0.2) is 30.3 Å². The minimum atomic E-state index is -0.186. The van der Waals surface area contributed by atoms with E-state index in [-0.39, 0.29) is 11.9 Å². The van der Waals surface area contributed by atoms with Crippen LogP contribution in [-0.4, -0.2) is 24.6 Å². The fraction of sp³-hybridized carbons (Fsp3) is 0.375. The van der Waals surface area contributed by atoms with E-state index < -0.39 is 0 Å². The lowest BCUT2D eigenvalue weighted by atomic mass is 10.1. The summed E-state index contributed by atoms with van der Waals surface area (Å²) in [4.78, 5) is 20.0. The van der Waals surface area contributed by atoms with Gasteiger partial charge in [-0.05, 0) is 31.9 Å². The minimum Gasteiger partial charge on any atom is -0.465 e. The van der Waals surface area contributed by atoms with E-state index in [1.165, 1.54) is 4.88 Å². The highest BCUT2D eigenvalue weighted by atomic mass is 32.1. The number of hydrogen-bond acceptors (Lipinski definition) is 5.